The first kappa shape index (κ1) is 13.6. The van der Waals surface area contributed by atoms with Gasteiger partial charge in [-0.2, -0.15) is 0 Å². The fraction of sp³-hybridized carbons (Fsp3) is 0.562. The van der Waals surface area contributed by atoms with Crippen LogP contribution in [0.4, 0.5) is 0 Å². The van der Waals surface area contributed by atoms with Gasteiger partial charge >= 0.3 is 0 Å². The van der Waals surface area contributed by atoms with Gasteiger partial charge in [-0.15, -0.1) is 0 Å². The van der Waals surface area contributed by atoms with Gasteiger partial charge in [0.05, 0.1) is 18.9 Å². The summed E-state index contributed by atoms with van der Waals surface area (Å²) in [4.78, 5) is 4.67. The molecule has 1 unspecified atom stereocenters. The van der Waals surface area contributed by atoms with Gasteiger partial charge in [0, 0.05) is 36.3 Å². The Labute approximate surface area is 120 Å². The predicted octanol–water partition coefficient (Wildman–Crippen LogP) is 2.20. The molecule has 1 aliphatic rings. The van der Waals surface area contributed by atoms with Crippen molar-refractivity contribution in [3.05, 3.63) is 35.8 Å². The van der Waals surface area contributed by atoms with Crippen LogP contribution < -0.4 is 5.32 Å². The Kier molecular flexibility index (Phi) is 3.52. The van der Waals surface area contributed by atoms with Crippen molar-refractivity contribution in [1.82, 2.24) is 14.7 Å². The van der Waals surface area contributed by atoms with E-state index in [0.29, 0.717) is 6.04 Å². The molecular formula is C16H23N3O. The maximum absolute atomic E-state index is 5.56. The Morgan fingerprint density at radius 2 is 2.30 bits per heavy atom. The number of nitrogens with one attached hydrogen (secondary N) is 1. The lowest BCUT2D eigenvalue weighted by atomic mass is 9.88. The van der Waals surface area contributed by atoms with Crippen molar-refractivity contribution in [3.8, 4) is 0 Å². The topological polar surface area (TPSA) is 38.6 Å². The second-order valence-corrected chi connectivity index (χ2v) is 6.39. The van der Waals surface area contributed by atoms with E-state index in [-0.39, 0.29) is 5.41 Å². The van der Waals surface area contributed by atoms with E-state index < -0.39 is 0 Å². The van der Waals surface area contributed by atoms with Crippen molar-refractivity contribution >= 4 is 5.65 Å². The average molecular weight is 273 g/mol. The van der Waals surface area contributed by atoms with Gasteiger partial charge in [0.15, 0.2) is 0 Å². The highest BCUT2D eigenvalue weighted by Crippen LogP contribution is 2.27. The molecule has 1 atom stereocenters. The fourth-order valence-corrected chi connectivity index (χ4v) is 2.79. The van der Waals surface area contributed by atoms with E-state index in [1.165, 1.54) is 5.69 Å². The zero-order valence-corrected chi connectivity index (χ0v) is 12.5. The molecule has 0 spiro atoms. The van der Waals surface area contributed by atoms with E-state index >= 15 is 0 Å². The van der Waals surface area contributed by atoms with Crippen LogP contribution in [0.2, 0.25) is 0 Å². The van der Waals surface area contributed by atoms with Crippen molar-refractivity contribution < 1.29 is 4.74 Å². The maximum Gasteiger partial charge on any atom is 0.137 e. The summed E-state index contributed by atoms with van der Waals surface area (Å²) in [7, 11) is 0. The van der Waals surface area contributed by atoms with Gasteiger partial charge in [-0.1, -0.05) is 19.9 Å². The van der Waals surface area contributed by atoms with E-state index in [1.54, 1.807) is 0 Å². The quantitative estimate of drug-likeness (QED) is 0.928. The minimum atomic E-state index is 0.232. The summed E-state index contributed by atoms with van der Waals surface area (Å²) in [6.07, 6.45) is 3.09. The van der Waals surface area contributed by atoms with Crippen molar-refractivity contribution in [2.75, 3.05) is 19.8 Å². The van der Waals surface area contributed by atoms with Gasteiger partial charge in [-0.25, -0.2) is 4.98 Å². The third kappa shape index (κ3) is 2.58. The molecule has 1 saturated heterocycles. The van der Waals surface area contributed by atoms with Crippen molar-refractivity contribution in [2.45, 2.75) is 33.2 Å². The first-order valence-corrected chi connectivity index (χ1v) is 7.31. The van der Waals surface area contributed by atoms with Crippen molar-refractivity contribution in [2.24, 2.45) is 5.41 Å². The standard InChI is InChI=1S/C16H23N3O/c1-12-5-4-6-15-18-13(9-19(12)15)7-8-17-14-10-20-11-16(14,2)3/h4-6,9,14,17H,7-8,10-11H2,1-3H3. The molecule has 20 heavy (non-hydrogen) atoms. The molecule has 0 amide bonds. The summed E-state index contributed by atoms with van der Waals surface area (Å²) in [6, 6.07) is 6.66. The van der Waals surface area contributed by atoms with E-state index in [9.17, 15) is 0 Å². The third-order valence-electron chi connectivity index (χ3n) is 4.22. The minimum Gasteiger partial charge on any atom is -0.379 e. The molecule has 4 nitrogen and oxygen atoms in total. The number of aryl methyl sites for hydroxylation is 1. The van der Waals surface area contributed by atoms with Crippen LogP contribution >= 0.6 is 0 Å². The Morgan fingerprint density at radius 1 is 1.45 bits per heavy atom. The molecule has 3 rings (SSSR count). The first-order valence-electron chi connectivity index (χ1n) is 7.31. The second-order valence-electron chi connectivity index (χ2n) is 6.39. The SMILES string of the molecule is Cc1cccc2nc(CCNC3COCC3(C)C)cn12. The van der Waals surface area contributed by atoms with E-state index in [2.05, 4.69) is 59.9 Å². The van der Waals surface area contributed by atoms with Crippen LogP contribution in [0.25, 0.3) is 5.65 Å². The van der Waals surface area contributed by atoms with Crippen LogP contribution in [0, 0.1) is 12.3 Å². The number of ether oxygens (including phenoxy) is 1. The van der Waals surface area contributed by atoms with Crippen molar-refractivity contribution in [3.63, 3.8) is 0 Å². The molecule has 2 aromatic rings. The zero-order valence-electron chi connectivity index (χ0n) is 12.5. The first-order chi connectivity index (χ1) is 9.56. The van der Waals surface area contributed by atoms with E-state index in [0.717, 1.165) is 37.5 Å². The molecule has 4 heteroatoms. The van der Waals surface area contributed by atoms with Gasteiger partial charge in [0.1, 0.15) is 5.65 Å². The fourth-order valence-electron chi connectivity index (χ4n) is 2.79. The number of hydrogen-bond donors (Lipinski definition) is 1. The molecule has 0 aromatic carbocycles. The summed E-state index contributed by atoms with van der Waals surface area (Å²) in [6.45, 7) is 9.23. The zero-order chi connectivity index (χ0) is 14.2. The molecular weight excluding hydrogens is 250 g/mol. The summed E-state index contributed by atoms with van der Waals surface area (Å²) < 4.78 is 7.71. The molecule has 0 bridgehead atoms. The number of rotatable bonds is 4. The number of pyridine rings is 1. The van der Waals surface area contributed by atoms with Crippen molar-refractivity contribution in [1.29, 1.82) is 0 Å². The largest absolute Gasteiger partial charge is 0.379 e. The molecule has 1 fully saturated rings. The van der Waals surface area contributed by atoms with Gasteiger partial charge < -0.3 is 14.5 Å². The number of fused-ring (bicyclic) bond motifs is 1. The summed E-state index contributed by atoms with van der Waals surface area (Å²) in [5, 5.41) is 3.61. The highest BCUT2D eigenvalue weighted by atomic mass is 16.5. The highest BCUT2D eigenvalue weighted by molar-refractivity contribution is 5.41. The molecule has 1 N–H and O–H groups in total. The van der Waals surface area contributed by atoms with Crippen LogP contribution in [-0.2, 0) is 11.2 Å². The average Bonchev–Trinajstić information content (AvgIpc) is 2.94. The predicted molar refractivity (Wildman–Crippen MR) is 80.0 cm³/mol. The van der Waals surface area contributed by atoms with Crippen LogP contribution in [0.3, 0.4) is 0 Å². The number of imidazole rings is 1. The van der Waals surface area contributed by atoms with Gasteiger partial charge in [0.2, 0.25) is 0 Å². The number of nitrogens with zero attached hydrogens (tertiary/aromatic N) is 2. The summed E-state index contributed by atoms with van der Waals surface area (Å²) in [5.74, 6) is 0. The summed E-state index contributed by atoms with van der Waals surface area (Å²) in [5.41, 5.74) is 3.63. The minimum absolute atomic E-state index is 0.232. The Balaban J connectivity index is 1.61. The number of aromatic nitrogens is 2. The monoisotopic (exact) mass is 273 g/mol. The van der Waals surface area contributed by atoms with E-state index in [1.807, 2.05) is 0 Å². The van der Waals surface area contributed by atoms with Gasteiger partial charge in [-0.3, -0.25) is 0 Å². The van der Waals surface area contributed by atoms with E-state index in [4.69, 9.17) is 4.74 Å². The Morgan fingerprint density at radius 3 is 3.00 bits per heavy atom. The molecule has 0 saturated carbocycles. The smallest absolute Gasteiger partial charge is 0.137 e. The third-order valence-corrected chi connectivity index (χ3v) is 4.22. The lowest BCUT2D eigenvalue weighted by Gasteiger charge is -2.25. The number of hydrogen-bond acceptors (Lipinski definition) is 3. The van der Waals surface area contributed by atoms with Gasteiger partial charge in [0.25, 0.3) is 0 Å². The normalized spacial score (nSPS) is 21.6. The molecule has 1 aliphatic heterocycles. The Hall–Kier alpha value is -1.39. The van der Waals surface area contributed by atoms with Gasteiger partial charge in [-0.05, 0) is 19.1 Å². The molecule has 108 valence electrons. The van der Waals surface area contributed by atoms with Crippen LogP contribution in [-0.4, -0.2) is 35.2 Å². The molecule has 3 heterocycles. The lowest BCUT2D eigenvalue weighted by Crippen LogP contribution is -2.41. The molecule has 2 aromatic heterocycles. The van der Waals surface area contributed by atoms with Crippen LogP contribution in [0.5, 0.6) is 0 Å². The second kappa shape index (κ2) is 5.19. The summed E-state index contributed by atoms with van der Waals surface area (Å²) >= 11 is 0. The Bertz CT molecular complexity index is 603. The molecule has 0 aliphatic carbocycles. The lowest BCUT2D eigenvalue weighted by molar-refractivity contribution is 0.166. The highest BCUT2D eigenvalue weighted by Gasteiger charge is 2.34. The van der Waals surface area contributed by atoms with Crippen LogP contribution in [0.1, 0.15) is 25.2 Å². The molecule has 0 radical (unpaired) electrons. The van der Waals surface area contributed by atoms with Crippen LogP contribution in [0.15, 0.2) is 24.4 Å². The maximum atomic E-state index is 5.56.